The normalized spacial score (nSPS) is 16.6. The highest BCUT2D eigenvalue weighted by molar-refractivity contribution is 9.10. The van der Waals surface area contributed by atoms with Crippen molar-refractivity contribution in [3.63, 3.8) is 0 Å². The monoisotopic (exact) mass is 309 g/mol. The number of halogens is 1. The molecule has 0 atom stereocenters. The van der Waals surface area contributed by atoms with Crippen molar-refractivity contribution in [2.24, 2.45) is 5.92 Å². The fourth-order valence-electron chi connectivity index (χ4n) is 2.54. The molecule has 2 rings (SSSR count). The lowest BCUT2D eigenvalue weighted by molar-refractivity contribution is -0.117. The number of nitrogens with one attached hydrogen (secondary N) is 1. The van der Waals surface area contributed by atoms with Crippen molar-refractivity contribution >= 4 is 27.5 Å². The van der Waals surface area contributed by atoms with Crippen LogP contribution in [0.2, 0.25) is 0 Å². The van der Waals surface area contributed by atoms with Crippen molar-refractivity contribution in [2.45, 2.75) is 45.4 Å². The second-order valence-corrected chi connectivity index (χ2v) is 6.07. The van der Waals surface area contributed by atoms with Crippen molar-refractivity contribution in [3.8, 4) is 0 Å². The Balaban J connectivity index is 1.88. The SMILES string of the molecule is Cc1ccc(NC(=O)CC2CCCCC2)cc1Br. The zero-order valence-electron chi connectivity index (χ0n) is 10.8. The van der Waals surface area contributed by atoms with E-state index in [-0.39, 0.29) is 5.91 Å². The second kappa shape index (κ2) is 6.37. The molecule has 1 aromatic rings. The summed E-state index contributed by atoms with van der Waals surface area (Å²) in [7, 11) is 0. The summed E-state index contributed by atoms with van der Waals surface area (Å²) in [6.45, 7) is 2.04. The van der Waals surface area contributed by atoms with Crippen LogP contribution >= 0.6 is 15.9 Å². The highest BCUT2D eigenvalue weighted by Crippen LogP contribution is 2.27. The van der Waals surface area contributed by atoms with Gasteiger partial charge in [-0.15, -0.1) is 0 Å². The molecule has 3 heteroatoms. The number of amides is 1. The summed E-state index contributed by atoms with van der Waals surface area (Å²) in [5.74, 6) is 0.741. The predicted molar refractivity (Wildman–Crippen MR) is 78.7 cm³/mol. The first-order valence-electron chi connectivity index (χ1n) is 6.71. The van der Waals surface area contributed by atoms with E-state index in [0.717, 1.165) is 10.2 Å². The van der Waals surface area contributed by atoms with Crippen LogP contribution in [0.25, 0.3) is 0 Å². The number of benzene rings is 1. The van der Waals surface area contributed by atoms with Crippen molar-refractivity contribution in [1.29, 1.82) is 0 Å². The number of rotatable bonds is 3. The lowest BCUT2D eigenvalue weighted by Gasteiger charge is -2.20. The molecule has 0 aliphatic heterocycles. The van der Waals surface area contributed by atoms with Gasteiger partial charge in [-0.25, -0.2) is 0 Å². The maximum absolute atomic E-state index is 12.0. The Morgan fingerprint density at radius 2 is 2.06 bits per heavy atom. The van der Waals surface area contributed by atoms with Gasteiger partial charge >= 0.3 is 0 Å². The molecule has 1 amide bonds. The number of carbonyl (C=O) groups is 1. The topological polar surface area (TPSA) is 29.1 Å². The molecule has 2 nitrogen and oxygen atoms in total. The third-order valence-corrected chi connectivity index (χ3v) is 4.51. The summed E-state index contributed by atoms with van der Waals surface area (Å²) in [6, 6.07) is 5.94. The smallest absolute Gasteiger partial charge is 0.224 e. The van der Waals surface area contributed by atoms with Crippen LogP contribution in [0.3, 0.4) is 0 Å². The van der Waals surface area contributed by atoms with Gasteiger partial charge in [0.25, 0.3) is 0 Å². The van der Waals surface area contributed by atoms with E-state index in [9.17, 15) is 4.79 Å². The zero-order valence-corrected chi connectivity index (χ0v) is 12.4. The molecule has 0 bridgehead atoms. The Morgan fingerprint density at radius 3 is 2.72 bits per heavy atom. The Labute approximate surface area is 117 Å². The minimum Gasteiger partial charge on any atom is -0.326 e. The Kier molecular flexibility index (Phi) is 4.81. The van der Waals surface area contributed by atoms with Crippen LogP contribution in [0.15, 0.2) is 22.7 Å². The van der Waals surface area contributed by atoms with Crippen molar-refractivity contribution in [2.75, 3.05) is 5.32 Å². The number of carbonyl (C=O) groups excluding carboxylic acids is 1. The van der Waals surface area contributed by atoms with Gasteiger partial charge in [0.2, 0.25) is 5.91 Å². The number of hydrogen-bond donors (Lipinski definition) is 1. The molecule has 1 aromatic carbocycles. The largest absolute Gasteiger partial charge is 0.326 e. The Hall–Kier alpha value is -0.830. The molecule has 1 N–H and O–H groups in total. The van der Waals surface area contributed by atoms with E-state index in [1.54, 1.807) is 0 Å². The van der Waals surface area contributed by atoms with Gasteiger partial charge in [-0.1, -0.05) is 41.3 Å². The zero-order chi connectivity index (χ0) is 13.0. The Bertz CT molecular complexity index is 425. The summed E-state index contributed by atoms with van der Waals surface area (Å²) in [5.41, 5.74) is 2.06. The van der Waals surface area contributed by atoms with Crippen LogP contribution < -0.4 is 5.32 Å². The first kappa shape index (κ1) is 13.6. The summed E-state index contributed by atoms with van der Waals surface area (Å²) < 4.78 is 1.04. The molecule has 0 aromatic heterocycles. The molecule has 0 spiro atoms. The summed E-state index contributed by atoms with van der Waals surface area (Å²) >= 11 is 3.48. The van der Waals surface area contributed by atoms with E-state index in [4.69, 9.17) is 0 Å². The fourth-order valence-corrected chi connectivity index (χ4v) is 2.91. The quantitative estimate of drug-likeness (QED) is 0.864. The lowest BCUT2D eigenvalue weighted by atomic mass is 9.87. The first-order valence-corrected chi connectivity index (χ1v) is 7.50. The van der Waals surface area contributed by atoms with Crippen LogP contribution in [-0.4, -0.2) is 5.91 Å². The van der Waals surface area contributed by atoms with Crippen LogP contribution in [0.1, 0.15) is 44.1 Å². The number of hydrogen-bond acceptors (Lipinski definition) is 1. The average Bonchev–Trinajstić information content (AvgIpc) is 2.35. The van der Waals surface area contributed by atoms with Crippen LogP contribution in [0.5, 0.6) is 0 Å². The third kappa shape index (κ3) is 3.84. The van der Waals surface area contributed by atoms with Crippen molar-refractivity contribution < 1.29 is 4.79 Å². The first-order chi connectivity index (χ1) is 8.65. The minimum atomic E-state index is 0.151. The van der Waals surface area contributed by atoms with E-state index in [2.05, 4.69) is 21.2 Å². The maximum atomic E-state index is 12.0. The van der Waals surface area contributed by atoms with E-state index in [1.165, 1.54) is 37.7 Å². The molecule has 18 heavy (non-hydrogen) atoms. The third-order valence-electron chi connectivity index (χ3n) is 3.65. The Morgan fingerprint density at radius 1 is 1.33 bits per heavy atom. The summed E-state index contributed by atoms with van der Waals surface area (Å²) in [6.07, 6.45) is 7.01. The van der Waals surface area contributed by atoms with Gasteiger partial charge in [-0.3, -0.25) is 4.79 Å². The van der Waals surface area contributed by atoms with Crippen molar-refractivity contribution in [1.82, 2.24) is 0 Å². The molecule has 98 valence electrons. The van der Waals surface area contributed by atoms with E-state index < -0.39 is 0 Å². The average molecular weight is 310 g/mol. The van der Waals surface area contributed by atoms with Gasteiger partial charge in [0.15, 0.2) is 0 Å². The minimum absolute atomic E-state index is 0.151. The molecular formula is C15H20BrNO. The lowest BCUT2D eigenvalue weighted by Crippen LogP contribution is -2.18. The van der Waals surface area contributed by atoms with Gasteiger partial charge in [-0.2, -0.15) is 0 Å². The van der Waals surface area contributed by atoms with E-state index >= 15 is 0 Å². The van der Waals surface area contributed by atoms with Gasteiger partial charge in [-0.05, 0) is 43.4 Å². The van der Waals surface area contributed by atoms with Gasteiger partial charge in [0.1, 0.15) is 0 Å². The molecular weight excluding hydrogens is 290 g/mol. The highest BCUT2D eigenvalue weighted by atomic mass is 79.9. The van der Waals surface area contributed by atoms with E-state index in [0.29, 0.717) is 12.3 Å². The standard InChI is InChI=1S/C15H20BrNO/c1-11-7-8-13(10-14(11)16)17-15(18)9-12-5-3-2-4-6-12/h7-8,10,12H,2-6,9H2,1H3,(H,17,18). The second-order valence-electron chi connectivity index (χ2n) is 5.22. The molecule has 1 saturated carbocycles. The van der Waals surface area contributed by atoms with Crippen LogP contribution in [0, 0.1) is 12.8 Å². The van der Waals surface area contributed by atoms with Crippen LogP contribution in [0.4, 0.5) is 5.69 Å². The maximum Gasteiger partial charge on any atom is 0.224 e. The molecule has 0 unspecified atom stereocenters. The summed E-state index contributed by atoms with van der Waals surface area (Å²) in [5, 5.41) is 2.99. The van der Waals surface area contributed by atoms with Gasteiger partial charge in [0, 0.05) is 16.6 Å². The summed E-state index contributed by atoms with van der Waals surface area (Å²) in [4.78, 5) is 12.0. The van der Waals surface area contributed by atoms with Crippen LogP contribution in [-0.2, 0) is 4.79 Å². The molecule has 1 aliphatic rings. The molecule has 0 saturated heterocycles. The molecule has 0 heterocycles. The molecule has 0 radical (unpaired) electrons. The number of aryl methyl sites for hydroxylation is 1. The number of anilines is 1. The molecule has 1 fully saturated rings. The van der Waals surface area contributed by atoms with Crippen molar-refractivity contribution in [3.05, 3.63) is 28.2 Å². The highest BCUT2D eigenvalue weighted by Gasteiger charge is 2.17. The fraction of sp³-hybridized carbons (Fsp3) is 0.533. The van der Waals surface area contributed by atoms with Gasteiger partial charge < -0.3 is 5.32 Å². The van der Waals surface area contributed by atoms with Gasteiger partial charge in [0.05, 0.1) is 0 Å². The predicted octanol–water partition coefficient (Wildman–Crippen LogP) is 4.67. The van der Waals surface area contributed by atoms with E-state index in [1.807, 2.05) is 25.1 Å². The molecule has 1 aliphatic carbocycles.